The molecule has 0 saturated heterocycles. The third-order valence-corrected chi connectivity index (χ3v) is 5.85. The van der Waals surface area contributed by atoms with E-state index in [9.17, 15) is 18.0 Å². The molecule has 3 rings (SSSR count). The van der Waals surface area contributed by atoms with Crippen LogP contribution < -0.4 is 10.0 Å². The molecule has 0 bridgehead atoms. The molecule has 0 fully saturated rings. The molecule has 0 aliphatic rings. The summed E-state index contributed by atoms with van der Waals surface area (Å²) in [4.78, 5) is 24.7. The van der Waals surface area contributed by atoms with E-state index in [4.69, 9.17) is 4.74 Å². The van der Waals surface area contributed by atoms with Crippen molar-refractivity contribution >= 4 is 33.3 Å². The molecule has 3 aromatic carbocycles. The summed E-state index contributed by atoms with van der Waals surface area (Å²) in [5.74, 6) is -0.852. The van der Waals surface area contributed by atoms with Crippen LogP contribution in [0.3, 0.4) is 0 Å². The first-order valence-electron chi connectivity index (χ1n) is 9.57. The average Bonchev–Trinajstić information content (AvgIpc) is 2.76. The number of amides is 1. The lowest BCUT2D eigenvalue weighted by atomic mass is 10.1. The Morgan fingerprint density at radius 3 is 2.19 bits per heavy atom. The number of carbonyl (C=O) groups excluding carboxylic acids is 2. The van der Waals surface area contributed by atoms with Crippen LogP contribution in [0.2, 0.25) is 0 Å². The second-order valence-electron chi connectivity index (χ2n) is 6.70. The van der Waals surface area contributed by atoms with Crippen LogP contribution in [0, 0.1) is 6.92 Å². The standard InChI is InChI=1S/C23H22N2O5S/c1-3-30-23(27)18-10-9-16(2)21(15-18)24-22(26)17-11-13-19(14-12-17)25-31(28,29)20-7-5-4-6-8-20/h4-15,25H,3H2,1-2H3,(H,24,26). The first kappa shape index (κ1) is 22.0. The Morgan fingerprint density at radius 1 is 0.903 bits per heavy atom. The zero-order valence-corrected chi connectivity index (χ0v) is 17.9. The lowest BCUT2D eigenvalue weighted by molar-refractivity contribution is 0.0526. The van der Waals surface area contributed by atoms with Gasteiger partial charge in [0.15, 0.2) is 0 Å². The van der Waals surface area contributed by atoms with E-state index in [2.05, 4.69) is 10.0 Å². The van der Waals surface area contributed by atoms with Crippen LogP contribution in [0.5, 0.6) is 0 Å². The highest BCUT2D eigenvalue weighted by atomic mass is 32.2. The van der Waals surface area contributed by atoms with Crippen molar-refractivity contribution in [1.29, 1.82) is 0 Å². The van der Waals surface area contributed by atoms with Gasteiger partial charge in [-0.05, 0) is 67.9 Å². The van der Waals surface area contributed by atoms with E-state index in [-0.39, 0.29) is 17.4 Å². The summed E-state index contributed by atoms with van der Waals surface area (Å²) in [6, 6.07) is 19.0. The second kappa shape index (κ2) is 9.44. The highest BCUT2D eigenvalue weighted by Gasteiger charge is 2.15. The fourth-order valence-electron chi connectivity index (χ4n) is 2.80. The number of hydrogen-bond donors (Lipinski definition) is 2. The molecule has 0 aliphatic heterocycles. The average molecular weight is 439 g/mol. The number of ether oxygens (including phenoxy) is 1. The maximum atomic E-state index is 12.6. The smallest absolute Gasteiger partial charge is 0.338 e. The van der Waals surface area contributed by atoms with Crippen LogP contribution in [-0.2, 0) is 14.8 Å². The van der Waals surface area contributed by atoms with Gasteiger partial charge in [0.25, 0.3) is 15.9 Å². The SMILES string of the molecule is CCOC(=O)c1ccc(C)c(NC(=O)c2ccc(NS(=O)(=O)c3ccccc3)cc2)c1. The number of aryl methyl sites for hydroxylation is 1. The number of hydrogen-bond acceptors (Lipinski definition) is 5. The van der Waals surface area contributed by atoms with Gasteiger partial charge in [0, 0.05) is 16.9 Å². The fourth-order valence-corrected chi connectivity index (χ4v) is 3.88. The van der Waals surface area contributed by atoms with Crippen molar-refractivity contribution in [3.05, 3.63) is 89.5 Å². The van der Waals surface area contributed by atoms with Gasteiger partial charge in [-0.2, -0.15) is 0 Å². The molecule has 0 saturated carbocycles. The van der Waals surface area contributed by atoms with Crippen LogP contribution in [-0.4, -0.2) is 26.9 Å². The second-order valence-corrected chi connectivity index (χ2v) is 8.38. The Hall–Kier alpha value is -3.65. The summed E-state index contributed by atoms with van der Waals surface area (Å²) < 4.78 is 32.3. The number of nitrogens with one attached hydrogen (secondary N) is 2. The Labute approximate surface area is 181 Å². The van der Waals surface area contributed by atoms with Gasteiger partial charge in [0.2, 0.25) is 0 Å². The summed E-state index contributed by atoms with van der Waals surface area (Å²) in [5.41, 5.74) is 2.29. The minimum Gasteiger partial charge on any atom is -0.462 e. The van der Waals surface area contributed by atoms with E-state index in [0.717, 1.165) is 5.56 Å². The molecule has 0 radical (unpaired) electrons. The maximum Gasteiger partial charge on any atom is 0.338 e. The van der Waals surface area contributed by atoms with Gasteiger partial charge in [-0.25, -0.2) is 13.2 Å². The molecule has 2 N–H and O–H groups in total. The highest BCUT2D eigenvalue weighted by Crippen LogP contribution is 2.20. The molecule has 8 heteroatoms. The minimum absolute atomic E-state index is 0.147. The molecular formula is C23H22N2O5S. The summed E-state index contributed by atoms with van der Waals surface area (Å²) in [6.45, 7) is 3.79. The summed E-state index contributed by atoms with van der Waals surface area (Å²) in [7, 11) is -3.71. The molecule has 0 aliphatic carbocycles. The number of rotatable bonds is 7. The minimum atomic E-state index is -3.71. The van der Waals surface area contributed by atoms with E-state index in [1.54, 1.807) is 43.3 Å². The topological polar surface area (TPSA) is 102 Å². The number of esters is 1. The third kappa shape index (κ3) is 5.49. The van der Waals surface area contributed by atoms with Gasteiger partial charge in [0.1, 0.15) is 0 Å². The molecule has 160 valence electrons. The van der Waals surface area contributed by atoms with E-state index in [0.29, 0.717) is 22.5 Å². The maximum absolute atomic E-state index is 12.6. The van der Waals surface area contributed by atoms with Crippen molar-refractivity contribution in [2.75, 3.05) is 16.6 Å². The molecule has 0 unspecified atom stereocenters. The van der Waals surface area contributed by atoms with E-state index >= 15 is 0 Å². The summed E-state index contributed by atoms with van der Waals surface area (Å²) in [5, 5.41) is 2.77. The predicted molar refractivity (Wildman–Crippen MR) is 119 cm³/mol. The van der Waals surface area contributed by atoms with Gasteiger partial charge < -0.3 is 10.1 Å². The Kier molecular flexibility index (Phi) is 6.71. The molecule has 3 aromatic rings. The predicted octanol–water partition coefficient (Wildman–Crippen LogP) is 4.22. The van der Waals surface area contributed by atoms with Crippen molar-refractivity contribution in [3.8, 4) is 0 Å². The van der Waals surface area contributed by atoms with Crippen LogP contribution in [0.4, 0.5) is 11.4 Å². The van der Waals surface area contributed by atoms with Crippen molar-refractivity contribution < 1.29 is 22.7 Å². The van der Waals surface area contributed by atoms with Crippen LogP contribution in [0.1, 0.15) is 33.2 Å². The van der Waals surface area contributed by atoms with Crippen molar-refractivity contribution in [1.82, 2.24) is 0 Å². The van der Waals surface area contributed by atoms with Crippen LogP contribution >= 0.6 is 0 Å². The highest BCUT2D eigenvalue weighted by molar-refractivity contribution is 7.92. The Balaban J connectivity index is 1.73. The molecule has 1 amide bonds. The summed E-state index contributed by atoms with van der Waals surface area (Å²) >= 11 is 0. The first-order valence-corrected chi connectivity index (χ1v) is 11.1. The molecule has 0 aromatic heterocycles. The lowest BCUT2D eigenvalue weighted by Crippen LogP contribution is -2.15. The Bertz CT molecular complexity index is 1190. The van der Waals surface area contributed by atoms with E-state index in [1.807, 2.05) is 6.92 Å². The zero-order valence-electron chi connectivity index (χ0n) is 17.1. The lowest BCUT2D eigenvalue weighted by Gasteiger charge is -2.11. The number of sulfonamides is 1. The van der Waals surface area contributed by atoms with Crippen molar-refractivity contribution in [2.24, 2.45) is 0 Å². The van der Waals surface area contributed by atoms with Gasteiger partial charge in [-0.15, -0.1) is 0 Å². The van der Waals surface area contributed by atoms with E-state index in [1.165, 1.54) is 36.4 Å². The third-order valence-electron chi connectivity index (χ3n) is 4.45. The van der Waals surface area contributed by atoms with E-state index < -0.39 is 16.0 Å². The number of benzene rings is 3. The van der Waals surface area contributed by atoms with Gasteiger partial charge in [0.05, 0.1) is 17.1 Å². The quantitative estimate of drug-likeness (QED) is 0.538. The number of anilines is 2. The monoisotopic (exact) mass is 438 g/mol. The number of carbonyl (C=O) groups is 2. The van der Waals surface area contributed by atoms with Crippen LogP contribution in [0.25, 0.3) is 0 Å². The Morgan fingerprint density at radius 2 is 1.55 bits per heavy atom. The normalized spacial score (nSPS) is 10.9. The van der Waals surface area contributed by atoms with Crippen LogP contribution in [0.15, 0.2) is 77.7 Å². The van der Waals surface area contributed by atoms with Gasteiger partial charge in [-0.3, -0.25) is 9.52 Å². The molecule has 31 heavy (non-hydrogen) atoms. The zero-order chi connectivity index (χ0) is 22.4. The summed E-state index contributed by atoms with van der Waals surface area (Å²) in [6.07, 6.45) is 0. The molecule has 0 spiro atoms. The molecular weight excluding hydrogens is 416 g/mol. The first-order chi connectivity index (χ1) is 14.8. The van der Waals surface area contributed by atoms with Gasteiger partial charge >= 0.3 is 5.97 Å². The fraction of sp³-hybridized carbons (Fsp3) is 0.130. The van der Waals surface area contributed by atoms with Gasteiger partial charge in [-0.1, -0.05) is 24.3 Å². The largest absolute Gasteiger partial charge is 0.462 e. The molecule has 0 atom stereocenters. The molecule has 7 nitrogen and oxygen atoms in total. The van der Waals surface area contributed by atoms with Crippen molar-refractivity contribution in [2.45, 2.75) is 18.7 Å². The van der Waals surface area contributed by atoms with Crippen molar-refractivity contribution in [3.63, 3.8) is 0 Å². The molecule has 0 heterocycles.